The van der Waals surface area contributed by atoms with Gasteiger partial charge in [0.2, 0.25) is 0 Å². The van der Waals surface area contributed by atoms with Gasteiger partial charge in [-0.2, -0.15) is 5.10 Å². The van der Waals surface area contributed by atoms with Crippen LogP contribution in [0, 0.1) is 0 Å². The Hall–Kier alpha value is -2.08. The third-order valence-electron chi connectivity index (χ3n) is 2.03. The second kappa shape index (κ2) is 4.42. The van der Waals surface area contributed by atoms with Gasteiger partial charge in [0.25, 0.3) is 0 Å². The van der Waals surface area contributed by atoms with E-state index in [1.807, 2.05) is 0 Å². The molecule has 1 amide bonds. The van der Waals surface area contributed by atoms with Crippen LogP contribution in [0.15, 0.2) is 24.5 Å². The van der Waals surface area contributed by atoms with Crippen molar-refractivity contribution in [1.82, 2.24) is 14.8 Å². The summed E-state index contributed by atoms with van der Waals surface area (Å²) in [6.45, 7) is 0. The highest BCUT2D eigenvalue weighted by Crippen LogP contribution is 2.29. The molecule has 0 unspecified atom stereocenters. The standard InChI is InChI=1S/C10H9ClN4O2/c1-15-3-2-7(14-15)6-5-13-9(11)4-8(6)17-10(12)16/h2-5H,1H3,(H2,12,16). The van der Waals surface area contributed by atoms with Crippen molar-refractivity contribution in [2.75, 3.05) is 0 Å². The Balaban J connectivity index is 2.49. The minimum Gasteiger partial charge on any atom is -0.410 e. The summed E-state index contributed by atoms with van der Waals surface area (Å²) >= 11 is 5.72. The lowest BCUT2D eigenvalue weighted by molar-refractivity contribution is 0.211. The fourth-order valence-corrected chi connectivity index (χ4v) is 1.50. The van der Waals surface area contributed by atoms with E-state index in [1.54, 1.807) is 24.0 Å². The van der Waals surface area contributed by atoms with E-state index >= 15 is 0 Å². The van der Waals surface area contributed by atoms with E-state index in [2.05, 4.69) is 10.1 Å². The van der Waals surface area contributed by atoms with Gasteiger partial charge in [-0.1, -0.05) is 11.6 Å². The van der Waals surface area contributed by atoms with Crippen molar-refractivity contribution in [3.63, 3.8) is 0 Å². The minimum absolute atomic E-state index is 0.209. The van der Waals surface area contributed by atoms with E-state index in [0.717, 1.165) is 0 Å². The van der Waals surface area contributed by atoms with Gasteiger partial charge in [-0.25, -0.2) is 9.78 Å². The molecule has 2 aromatic heterocycles. The molecule has 0 atom stereocenters. The van der Waals surface area contributed by atoms with Crippen LogP contribution in [-0.2, 0) is 7.05 Å². The second-order valence-corrected chi connectivity index (χ2v) is 3.69. The fourth-order valence-electron chi connectivity index (χ4n) is 1.36. The lowest BCUT2D eigenvalue weighted by Gasteiger charge is -2.06. The van der Waals surface area contributed by atoms with Crippen LogP contribution in [0.25, 0.3) is 11.3 Å². The Morgan fingerprint density at radius 3 is 2.94 bits per heavy atom. The van der Waals surface area contributed by atoms with Crippen molar-refractivity contribution in [2.24, 2.45) is 12.8 Å². The zero-order valence-electron chi connectivity index (χ0n) is 8.92. The summed E-state index contributed by atoms with van der Waals surface area (Å²) in [6, 6.07) is 3.18. The van der Waals surface area contributed by atoms with E-state index in [-0.39, 0.29) is 10.9 Å². The van der Waals surface area contributed by atoms with E-state index in [1.165, 1.54) is 12.3 Å². The molecule has 0 radical (unpaired) electrons. The summed E-state index contributed by atoms with van der Waals surface area (Å²) in [6.07, 6.45) is 2.32. The molecule has 2 rings (SSSR count). The first kappa shape index (κ1) is 11.4. The van der Waals surface area contributed by atoms with Gasteiger partial charge >= 0.3 is 6.09 Å². The van der Waals surface area contributed by atoms with E-state index < -0.39 is 6.09 Å². The van der Waals surface area contributed by atoms with Crippen molar-refractivity contribution >= 4 is 17.7 Å². The summed E-state index contributed by atoms with van der Waals surface area (Å²) < 4.78 is 6.48. The van der Waals surface area contributed by atoms with Gasteiger partial charge in [-0.3, -0.25) is 4.68 Å². The first-order valence-electron chi connectivity index (χ1n) is 4.69. The van der Waals surface area contributed by atoms with Crippen LogP contribution in [0.5, 0.6) is 5.75 Å². The quantitative estimate of drug-likeness (QED) is 0.823. The number of hydrogen-bond donors (Lipinski definition) is 1. The molecule has 0 saturated heterocycles. The number of pyridine rings is 1. The molecule has 0 fully saturated rings. The topological polar surface area (TPSA) is 83.0 Å². The number of primary amides is 1. The molecule has 0 saturated carbocycles. The Labute approximate surface area is 102 Å². The molecule has 7 heteroatoms. The van der Waals surface area contributed by atoms with Gasteiger partial charge in [0.1, 0.15) is 10.9 Å². The average Bonchev–Trinajstić information content (AvgIpc) is 2.64. The Bertz CT molecular complexity index is 567. The van der Waals surface area contributed by atoms with E-state index in [4.69, 9.17) is 22.1 Å². The van der Waals surface area contributed by atoms with Crippen LogP contribution in [0.3, 0.4) is 0 Å². The maximum absolute atomic E-state index is 10.8. The Morgan fingerprint density at radius 2 is 2.35 bits per heavy atom. The average molecular weight is 253 g/mol. The number of amides is 1. The van der Waals surface area contributed by atoms with Crippen LogP contribution in [-0.4, -0.2) is 20.9 Å². The van der Waals surface area contributed by atoms with Crippen molar-refractivity contribution in [3.8, 4) is 17.0 Å². The zero-order valence-corrected chi connectivity index (χ0v) is 9.68. The molecule has 2 heterocycles. The number of halogens is 1. The summed E-state index contributed by atoms with van der Waals surface area (Å²) in [7, 11) is 1.78. The maximum Gasteiger partial charge on any atom is 0.409 e. The fraction of sp³-hybridized carbons (Fsp3) is 0.100. The lowest BCUT2D eigenvalue weighted by atomic mass is 10.2. The largest absolute Gasteiger partial charge is 0.410 e. The van der Waals surface area contributed by atoms with Gasteiger partial charge in [0.05, 0.1) is 11.3 Å². The number of aryl methyl sites for hydroxylation is 1. The molecule has 0 aliphatic rings. The summed E-state index contributed by atoms with van der Waals surface area (Å²) in [5, 5.41) is 4.39. The molecule has 17 heavy (non-hydrogen) atoms. The number of ether oxygens (including phenoxy) is 1. The predicted octanol–water partition coefficient (Wildman–Crippen LogP) is 1.59. The molecular formula is C10H9ClN4O2. The van der Waals surface area contributed by atoms with Crippen LogP contribution in [0.4, 0.5) is 4.79 Å². The van der Waals surface area contributed by atoms with Crippen LogP contribution in [0.1, 0.15) is 0 Å². The molecule has 0 aromatic carbocycles. The number of nitrogens with zero attached hydrogens (tertiary/aromatic N) is 3. The molecule has 0 spiro atoms. The van der Waals surface area contributed by atoms with Crippen molar-refractivity contribution in [1.29, 1.82) is 0 Å². The normalized spacial score (nSPS) is 10.2. The Kier molecular flexibility index (Phi) is 2.97. The third-order valence-corrected chi connectivity index (χ3v) is 2.24. The number of aromatic nitrogens is 3. The molecule has 0 aliphatic carbocycles. The van der Waals surface area contributed by atoms with Crippen LogP contribution >= 0.6 is 11.6 Å². The van der Waals surface area contributed by atoms with Gasteiger partial charge in [0.15, 0.2) is 0 Å². The highest BCUT2D eigenvalue weighted by Gasteiger charge is 2.12. The lowest BCUT2D eigenvalue weighted by Crippen LogP contribution is -2.16. The SMILES string of the molecule is Cn1ccc(-c2cnc(Cl)cc2OC(N)=O)n1. The number of carbonyl (C=O) groups is 1. The van der Waals surface area contributed by atoms with Crippen molar-refractivity contribution in [2.45, 2.75) is 0 Å². The maximum atomic E-state index is 10.8. The van der Waals surface area contributed by atoms with Gasteiger partial charge in [-0.15, -0.1) is 0 Å². The molecular weight excluding hydrogens is 244 g/mol. The predicted molar refractivity (Wildman–Crippen MR) is 61.7 cm³/mol. The summed E-state index contributed by atoms with van der Waals surface area (Å²) in [5.74, 6) is 0.233. The molecule has 2 aromatic rings. The highest BCUT2D eigenvalue weighted by molar-refractivity contribution is 6.29. The van der Waals surface area contributed by atoms with E-state index in [9.17, 15) is 4.79 Å². The van der Waals surface area contributed by atoms with Gasteiger partial charge in [0, 0.05) is 25.5 Å². The number of rotatable bonds is 2. The number of hydrogen-bond acceptors (Lipinski definition) is 4. The zero-order chi connectivity index (χ0) is 12.4. The van der Waals surface area contributed by atoms with Crippen molar-refractivity contribution < 1.29 is 9.53 Å². The Morgan fingerprint density at radius 1 is 1.59 bits per heavy atom. The highest BCUT2D eigenvalue weighted by atomic mass is 35.5. The minimum atomic E-state index is -0.913. The first-order valence-corrected chi connectivity index (χ1v) is 5.07. The van der Waals surface area contributed by atoms with Crippen LogP contribution in [0.2, 0.25) is 5.15 Å². The molecule has 6 nitrogen and oxygen atoms in total. The number of nitrogens with two attached hydrogens (primary N) is 1. The molecule has 88 valence electrons. The molecule has 0 bridgehead atoms. The first-order chi connectivity index (χ1) is 8.06. The monoisotopic (exact) mass is 252 g/mol. The third kappa shape index (κ3) is 2.54. The van der Waals surface area contributed by atoms with Crippen LogP contribution < -0.4 is 10.5 Å². The summed E-state index contributed by atoms with van der Waals surface area (Å²) in [4.78, 5) is 14.7. The molecule has 0 aliphatic heterocycles. The smallest absolute Gasteiger partial charge is 0.409 e. The van der Waals surface area contributed by atoms with Crippen molar-refractivity contribution in [3.05, 3.63) is 29.7 Å². The van der Waals surface area contributed by atoms with Gasteiger partial charge < -0.3 is 10.5 Å². The molecule has 2 N–H and O–H groups in total. The second-order valence-electron chi connectivity index (χ2n) is 3.30. The van der Waals surface area contributed by atoms with Gasteiger partial charge in [-0.05, 0) is 6.07 Å². The summed E-state index contributed by atoms with van der Waals surface area (Å²) in [5.41, 5.74) is 6.14. The van der Waals surface area contributed by atoms with E-state index in [0.29, 0.717) is 11.3 Å². The number of carbonyl (C=O) groups excluding carboxylic acids is 1.